The second kappa shape index (κ2) is 10.6. The first kappa shape index (κ1) is 17.3. The highest BCUT2D eigenvalue weighted by atomic mass is 14.9. The summed E-state index contributed by atoms with van der Waals surface area (Å²) in [6.07, 6.45) is 20.6. The molecule has 0 aromatic carbocycles. The predicted molar refractivity (Wildman–Crippen MR) is 93.7 cm³/mol. The second-order valence-corrected chi connectivity index (χ2v) is 7.82. The van der Waals surface area contributed by atoms with Crippen molar-refractivity contribution in [3.05, 3.63) is 0 Å². The van der Waals surface area contributed by atoms with Crippen LogP contribution in [0.3, 0.4) is 0 Å². The Morgan fingerprint density at radius 3 is 2.00 bits per heavy atom. The van der Waals surface area contributed by atoms with Crippen molar-refractivity contribution in [1.82, 2.24) is 5.32 Å². The van der Waals surface area contributed by atoms with Crippen molar-refractivity contribution in [2.75, 3.05) is 13.1 Å². The maximum atomic E-state index is 3.74. The molecule has 1 heteroatoms. The van der Waals surface area contributed by atoms with Gasteiger partial charge < -0.3 is 5.32 Å². The fraction of sp³-hybridized carbons (Fsp3) is 1.00. The molecule has 0 amide bonds. The summed E-state index contributed by atoms with van der Waals surface area (Å²) in [5.74, 6) is 3.24. The van der Waals surface area contributed by atoms with Crippen molar-refractivity contribution in [3.8, 4) is 0 Å². The van der Waals surface area contributed by atoms with Gasteiger partial charge in [-0.05, 0) is 56.5 Å². The lowest BCUT2D eigenvalue weighted by atomic mass is 9.89. The van der Waals surface area contributed by atoms with Gasteiger partial charge in [-0.1, -0.05) is 71.1 Å². The predicted octanol–water partition coefficient (Wildman–Crippen LogP) is 5.93. The molecular weight excluding hydrogens is 254 g/mol. The van der Waals surface area contributed by atoms with E-state index in [1.807, 2.05) is 0 Å². The molecule has 2 fully saturated rings. The maximum absolute atomic E-state index is 3.74. The maximum Gasteiger partial charge on any atom is -0.00178 e. The SMILES string of the molecule is CCCCCCCCCCCCNCC1CC2CCC1C2. The van der Waals surface area contributed by atoms with Gasteiger partial charge in [0.15, 0.2) is 0 Å². The number of rotatable bonds is 13. The van der Waals surface area contributed by atoms with Gasteiger partial charge in [-0.25, -0.2) is 0 Å². The van der Waals surface area contributed by atoms with Crippen molar-refractivity contribution < 1.29 is 0 Å². The fourth-order valence-corrected chi connectivity index (χ4v) is 4.65. The van der Waals surface area contributed by atoms with Crippen molar-refractivity contribution in [2.24, 2.45) is 17.8 Å². The van der Waals surface area contributed by atoms with E-state index in [-0.39, 0.29) is 0 Å². The van der Waals surface area contributed by atoms with Crippen molar-refractivity contribution >= 4 is 0 Å². The average molecular weight is 294 g/mol. The van der Waals surface area contributed by atoms with Crippen LogP contribution < -0.4 is 5.32 Å². The topological polar surface area (TPSA) is 12.0 Å². The molecule has 3 atom stereocenters. The number of hydrogen-bond donors (Lipinski definition) is 1. The lowest BCUT2D eigenvalue weighted by Gasteiger charge is -2.21. The molecule has 1 nitrogen and oxygen atoms in total. The molecule has 21 heavy (non-hydrogen) atoms. The molecule has 0 aliphatic heterocycles. The van der Waals surface area contributed by atoms with Crippen LogP contribution in [0.25, 0.3) is 0 Å². The summed E-state index contributed by atoms with van der Waals surface area (Å²) in [6, 6.07) is 0. The molecule has 1 N–H and O–H groups in total. The van der Waals surface area contributed by atoms with Crippen LogP contribution in [0.15, 0.2) is 0 Å². The Labute approximate surface area is 133 Å². The molecule has 0 saturated heterocycles. The van der Waals surface area contributed by atoms with E-state index in [1.54, 1.807) is 12.8 Å². The second-order valence-electron chi connectivity index (χ2n) is 7.82. The standard InChI is InChI=1S/C20H39N/c1-2-3-4-5-6-7-8-9-10-11-14-21-17-20-16-18-12-13-19(20)15-18/h18-21H,2-17H2,1H3. The van der Waals surface area contributed by atoms with E-state index in [4.69, 9.17) is 0 Å². The van der Waals surface area contributed by atoms with Gasteiger partial charge in [0.05, 0.1) is 0 Å². The van der Waals surface area contributed by atoms with Gasteiger partial charge >= 0.3 is 0 Å². The van der Waals surface area contributed by atoms with Gasteiger partial charge in [0, 0.05) is 0 Å². The zero-order chi connectivity index (χ0) is 14.8. The number of nitrogens with one attached hydrogen (secondary N) is 1. The van der Waals surface area contributed by atoms with E-state index in [9.17, 15) is 0 Å². The van der Waals surface area contributed by atoms with Gasteiger partial charge in [-0.15, -0.1) is 0 Å². The van der Waals surface area contributed by atoms with Crippen molar-refractivity contribution in [2.45, 2.75) is 96.8 Å². The first-order valence-corrected chi connectivity index (χ1v) is 10.1. The third-order valence-corrected chi connectivity index (χ3v) is 6.00. The van der Waals surface area contributed by atoms with Crippen molar-refractivity contribution in [3.63, 3.8) is 0 Å². The smallest absolute Gasteiger partial charge is 0.00178 e. The fourth-order valence-electron chi connectivity index (χ4n) is 4.65. The van der Waals surface area contributed by atoms with Gasteiger partial charge in [-0.3, -0.25) is 0 Å². The lowest BCUT2D eigenvalue weighted by molar-refractivity contribution is 0.318. The van der Waals surface area contributed by atoms with Gasteiger partial charge in [0.1, 0.15) is 0 Å². The summed E-state index contributed by atoms with van der Waals surface area (Å²) in [5.41, 5.74) is 0. The first-order valence-electron chi connectivity index (χ1n) is 10.1. The monoisotopic (exact) mass is 293 g/mol. The van der Waals surface area contributed by atoms with Crippen molar-refractivity contribution in [1.29, 1.82) is 0 Å². The number of hydrogen-bond acceptors (Lipinski definition) is 1. The van der Waals surface area contributed by atoms with E-state index in [1.165, 1.54) is 90.1 Å². The summed E-state index contributed by atoms with van der Waals surface area (Å²) < 4.78 is 0. The largest absolute Gasteiger partial charge is 0.316 e. The van der Waals surface area contributed by atoms with E-state index >= 15 is 0 Å². The summed E-state index contributed by atoms with van der Waals surface area (Å²) in [5, 5.41) is 3.74. The minimum absolute atomic E-state index is 1.03. The molecule has 0 radical (unpaired) electrons. The summed E-state index contributed by atoms with van der Waals surface area (Å²) in [6.45, 7) is 4.88. The lowest BCUT2D eigenvalue weighted by Crippen LogP contribution is -2.27. The number of unbranched alkanes of at least 4 members (excludes halogenated alkanes) is 9. The Kier molecular flexibility index (Phi) is 8.78. The minimum atomic E-state index is 1.03. The molecule has 2 aliphatic rings. The zero-order valence-corrected chi connectivity index (χ0v) is 14.5. The molecule has 2 aliphatic carbocycles. The first-order chi connectivity index (χ1) is 10.4. The molecular formula is C20H39N. The molecule has 124 valence electrons. The molecule has 2 saturated carbocycles. The highest BCUT2D eigenvalue weighted by molar-refractivity contribution is 4.90. The molecule has 2 bridgehead atoms. The van der Waals surface area contributed by atoms with Crippen LogP contribution in [0.2, 0.25) is 0 Å². The van der Waals surface area contributed by atoms with E-state index in [2.05, 4.69) is 12.2 Å². The molecule has 0 aromatic rings. The third kappa shape index (κ3) is 6.72. The highest BCUT2D eigenvalue weighted by Gasteiger charge is 2.38. The van der Waals surface area contributed by atoms with Crippen LogP contribution in [-0.4, -0.2) is 13.1 Å². The Balaban J connectivity index is 1.29. The molecule has 2 rings (SSSR count). The van der Waals surface area contributed by atoms with Crippen LogP contribution in [0.5, 0.6) is 0 Å². The molecule has 0 aromatic heterocycles. The Morgan fingerprint density at radius 2 is 1.43 bits per heavy atom. The summed E-state index contributed by atoms with van der Waals surface area (Å²) in [7, 11) is 0. The van der Waals surface area contributed by atoms with Crippen LogP contribution in [0.4, 0.5) is 0 Å². The molecule has 0 spiro atoms. The zero-order valence-electron chi connectivity index (χ0n) is 14.5. The van der Waals surface area contributed by atoms with Gasteiger partial charge in [-0.2, -0.15) is 0 Å². The van der Waals surface area contributed by atoms with Crippen LogP contribution in [0, 0.1) is 17.8 Å². The van der Waals surface area contributed by atoms with Gasteiger partial charge in [0.25, 0.3) is 0 Å². The highest BCUT2D eigenvalue weighted by Crippen LogP contribution is 2.47. The Morgan fingerprint density at radius 1 is 0.762 bits per heavy atom. The summed E-state index contributed by atoms with van der Waals surface area (Å²) >= 11 is 0. The quantitative estimate of drug-likeness (QED) is 0.415. The molecule has 0 heterocycles. The van der Waals surface area contributed by atoms with Crippen LogP contribution >= 0.6 is 0 Å². The van der Waals surface area contributed by atoms with Crippen LogP contribution in [-0.2, 0) is 0 Å². The Bertz CT molecular complexity index is 250. The van der Waals surface area contributed by atoms with E-state index in [0.717, 1.165) is 17.8 Å². The average Bonchev–Trinajstić information content (AvgIpc) is 3.11. The normalized spacial score (nSPS) is 27.6. The Hall–Kier alpha value is -0.0400. The van der Waals surface area contributed by atoms with E-state index < -0.39 is 0 Å². The summed E-state index contributed by atoms with van der Waals surface area (Å²) in [4.78, 5) is 0. The number of fused-ring (bicyclic) bond motifs is 2. The minimum Gasteiger partial charge on any atom is -0.316 e. The van der Waals surface area contributed by atoms with E-state index in [0.29, 0.717) is 0 Å². The van der Waals surface area contributed by atoms with Gasteiger partial charge in [0.2, 0.25) is 0 Å². The van der Waals surface area contributed by atoms with Crippen LogP contribution in [0.1, 0.15) is 96.8 Å². The molecule has 3 unspecified atom stereocenters. The third-order valence-electron chi connectivity index (χ3n) is 6.00.